The van der Waals surface area contributed by atoms with Crippen LogP contribution >= 0.6 is 11.3 Å². The van der Waals surface area contributed by atoms with Crippen LogP contribution in [0.25, 0.3) is 11.4 Å². The molecule has 10 heteroatoms. The highest BCUT2D eigenvalue weighted by Crippen LogP contribution is 2.24. The lowest BCUT2D eigenvalue weighted by atomic mass is 10.1. The number of thiazole rings is 1. The van der Waals surface area contributed by atoms with E-state index in [0.29, 0.717) is 12.2 Å². The fourth-order valence-electron chi connectivity index (χ4n) is 3.42. The average molecular weight is 495 g/mol. The molecule has 0 amide bonds. The Labute approximate surface area is 201 Å². The Morgan fingerprint density at radius 3 is 2.26 bits per heavy atom. The number of carboxylic acid groups (broad SMARTS) is 1. The van der Waals surface area contributed by atoms with Gasteiger partial charge < -0.3 is 5.11 Å². The molecule has 4 rings (SSSR count). The highest BCUT2D eigenvalue weighted by Gasteiger charge is 2.27. The SMILES string of the molecule is O=C(O)CCc1cccc(CN(Cc2ccc(-c3ncccn3)cc2)S(=O)(=O)c2nccs2)c1. The van der Waals surface area contributed by atoms with Crippen molar-refractivity contribution in [3.63, 3.8) is 0 Å². The molecule has 0 bridgehead atoms. The van der Waals surface area contributed by atoms with Crippen molar-refractivity contribution in [2.45, 2.75) is 30.3 Å². The molecule has 34 heavy (non-hydrogen) atoms. The molecule has 0 fully saturated rings. The fraction of sp³-hybridized carbons (Fsp3) is 0.167. The van der Waals surface area contributed by atoms with Crippen LogP contribution in [0.2, 0.25) is 0 Å². The van der Waals surface area contributed by atoms with Gasteiger partial charge in [-0.05, 0) is 29.2 Å². The molecule has 4 aromatic rings. The number of nitrogens with zero attached hydrogens (tertiary/aromatic N) is 4. The van der Waals surface area contributed by atoms with Gasteiger partial charge in [-0.3, -0.25) is 4.79 Å². The largest absolute Gasteiger partial charge is 0.481 e. The van der Waals surface area contributed by atoms with Crippen molar-refractivity contribution in [2.24, 2.45) is 0 Å². The van der Waals surface area contributed by atoms with Gasteiger partial charge in [0, 0.05) is 49.0 Å². The number of carbonyl (C=O) groups is 1. The van der Waals surface area contributed by atoms with E-state index in [2.05, 4.69) is 15.0 Å². The van der Waals surface area contributed by atoms with Crippen LogP contribution in [0, 0.1) is 0 Å². The van der Waals surface area contributed by atoms with Gasteiger partial charge in [0.1, 0.15) is 0 Å². The van der Waals surface area contributed by atoms with E-state index >= 15 is 0 Å². The predicted molar refractivity (Wildman–Crippen MR) is 128 cm³/mol. The molecule has 2 aromatic heterocycles. The van der Waals surface area contributed by atoms with Gasteiger partial charge in [-0.25, -0.2) is 23.4 Å². The van der Waals surface area contributed by atoms with E-state index in [4.69, 9.17) is 5.11 Å². The Kier molecular flexibility index (Phi) is 7.41. The third-order valence-corrected chi connectivity index (χ3v) is 8.06. The first-order valence-corrected chi connectivity index (χ1v) is 12.8. The van der Waals surface area contributed by atoms with Crippen LogP contribution in [0.1, 0.15) is 23.1 Å². The Hall–Kier alpha value is -3.47. The van der Waals surface area contributed by atoms with E-state index in [1.165, 1.54) is 10.5 Å². The van der Waals surface area contributed by atoms with Crippen LogP contribution in [0.4, 0.5) is 0 Å². The highest BCUT2D eigenvalue weighted by molar-refractivity contribution is 7.91. The van der Waals surface area contributed by atoms with Gasteiger partial charge in [0.2, 0.25) is 4.34 Å². The number of rotatable bonds is 10. The van der Waals surface area contributed by atoms with E-state index in [0.717, 1.165) is 33.6 Å². The molecule has 0 saturated heterocycles. The third kappa shape index (κ3) is 5.90. The summed E-state index contributed by atoms with van der Waals surface area (Å²) in [6, 6.07) is 16.5. The third-order valence-electron chi connectivity index (χ3n) is 5.08. The summed E-state index contributed by atoms with van der Waals surface area (Å²) >= 11 is 1.07. The maximum absolute atomic E-state index is 13.4. The lowest BCUT2D eigenvalue weighted by molar-refractivity contribution is -0.136. The lowest BCUT2D eigenvalue weighted by Gasteiger charge is -2.21. The molecule has 174 valence electrons. The van der Waals surface area contributed by atoms with Gasteiger partial charge in [0.25, 0.3) is 10.0 Å². The second kappa shape index (κ2) is 10.6. The topological polar surface area (TPSA) is 113 Å². The van der Waals surface area contributed by atoms with Gasteiger partial charge in [-0.15, -0.1) is 11.3 Å². The number of aliphatic carboxylic acids is 1. The van der Waals surface area contributed by atoms with Crippen molar-refractivity contribution in [3.8, 4) is 11.4 Å². The monoisotopic (exact) mass is 494 g/mol. The van der Waals surface area contributed by atoms with Crippen LogP contribution in [0.3, 0.4) is 0 Å². The fourth-order valence-corrected chi connectivity index (χ4v) is 5.81. The summed E-state index contributed by atoms with van der Waals surface area (Å²) in [6.07, 6.45) is 5.21. The molecule has 0 atom stereocenters. The number of benzene rings is 2. The summed E-state index contributed by atoms with van der Waals surface area (Å²) in [4.78, 5) is 23.4. The van der Waals surface area contributed by atoms with E-state index < -0.39 is 16.0 Å². The molecule has 2 heterocycles. The molecule has 0 unspecified atom stereocenters. The number of carboxylic acids is 1. The predicted octanol–water partition coefficient (Wildman–Crippen LogP) is 4.01. The number of aromatic nitrogens is 3. The molecule has 1 N–H and O–H groups in total. The van der Waals surface area contributed by atoms with Crippen LogP contribution in [0.5, 0.6) is 0 Å². The summed E-state index contributed by atoms with van der Waals surface area (Å²) in [5.74, 6) is -0.276. The smallest absolute Gasteiger partial charge is 0.303 e. The zero-order valence-electron chi connectivity index (χ0n) is 18.1. The number of sulfonamides is 1. The minimum atomic E-state index is -3.83. The highest BCUT2D eigenvalue weighted by atomic mass is 32.2. The summed E-state index contributed by atoms with van der Waals surface area (Å²) in [6.45, 7) is 0.281. The first-order chi connectivity index (χ1) is 16.4. The van der Waals surface area contributed by atoms with Crippen molar-refractivity contribution in [2.75, 3.05) is 0 Å². The first kappa shape index (κ1) is 23.7. The van der Waals surface area contributed by atoms with Crippen LogP contribution < -0.4 is 0 Å². The number of aryl methyl sites for hydroxylation is 1. The Bertz CT molecular complexity index is 1340. The van der Waals surface area contributed by atoms with Crippen LogP contribution in [-0.4, -0.2) is 38.8 Å². The summed E-state index contributed by atoms with van der Waals surface area (Å²) < 4.78 is 28.1. The molecular weight excluding hydrogens is 472 g/mol. The normalized spacial score (nSPS) is 11.6. The van der Waals surface area contributed by atoms with E-state index in [9.17, 15) is 13.2 Å². The minimum Gasteiger partial charge on any atom is -0.481 e. The molecule has 2 aromatic carbocycles. The molecular formula is C24H22N4O4S2. The lowest BCUT2D eigenvalue weighted by Crippen LogP contribution is -2.30. The summed E-state index contributed by atoms with van der Waals surface area (Å²) in [7, 11) is -3.83. The van der Waals surface area contributed by atoms with Gasteiger partial charge in [-0.2, -0.15) is 4.31 Å². The maximum atomic E-state index is 13.4. The Balaban J connectivity index is 1.59. The molecule has 8 nitrogen and oxygen atoms in total. The zero-order valence-corrected chi connectivity index (χ0v) is 19.7. The van der Waals surface area contributed by atoms with Crippen molar-refractivity contribution in [1.29, 1.82) is 0 Å². The van der Waals surface area contributed by atoms with Crippen LogP contribution in [0.15, 0.2) is 82.9 Å². The Morgan fingerprint density at radius 1 is 0.882 bits per heavy atom. The Morgan fingerprint density at radius 2 is 1.59 bits per heavy atom. The van der Waals surface area contributed by atoms with Crippen LogP contribution in [-0.2, 0) is 34.3 Å². The van der Waals surface area contributed by atoms with Crippen molar-refractivity contribution >= 4 is 27.3 Å². The van der Waals surface area contributed by atoms with Gasteiger partial charge in [-0.1, -0.05) is 48.5 Å². The number of hydrogen-bond donors (Lipinski definition) is 1. The van der Waals surface area contributed by atoms with E-state index in [-0.39, 0.29) is 23.8 Å². The standard InChI is InChI=1S/C24H22N4O4S2/c29-22(30)10-7-18-3-1-4-20(15-18)17-28(34(31,32)24-27-13-14-33-24)16-19-5-8-21(9-6-19)23-25-11-2-12-26-23/h1-6,8-9,11-15H,7,10,16-17H2,(H,29,30). The molecule has 0 aliphatic carbocycles. The van der Waals surface area contributed by atoms with E-state index in [1.54, 1.807) is 23.8 Å². The average Bonchev–Trinajstić information content (AvgIpc) is 3.40. The maximum Gasteiger partial charge on any atom is 0.303 e. The van der Waals surface area contributed by atoms with Gasteiger partial charge >= 0.3 is 5.97 Å². The number of hydrogen-bond acceptors (Lipinski definition) is 7. The minimum absolute atomic E-state index is 0.0159. The second-order valence-electron chi connectivity index (χ2n) is 7.55. The zero-order chi connectivity index (χ0) is 24.0. The van der Waals surface area contributed by atoms with Crippen molar-refractivity contribution in [3.05, 3.63) is 95.3 Å². The molecule has 0 aliphatic rings. The summed E-state index contributed by atoms with van der Waals surface area (Å²) in [5.41, 5.74) is 3.27. The second-order valence-corrected chi connectivity index (χ2v) is 10.6. The van der Waals surface area contributed by atoms with E-state index in [1.807, 2.05) is 48.5 Å². The molecule has 0 saturated carbocycles. The van der Waals surface area contributed by atoms with Crippen molar-refractivity contribution < 1.29 is 18.3 Å². The molecule has 0 spiro atoms. The first-order valence-electron chi connectivity index (χ1n) is 10.5. The van der Waals surface area contributed by atoms with Crippen molar-refractivity contribution in [1.82, 2.24) is 19.3 Å². The molecule has 0 radical (unpaired) electrons. The molecule has 0 aliphatic heterocycles. The quantitative estimate of drug-likeness (QED) is 0.354. The summed E-state index contributed by atoms with van der Waals surface area (Å²) in [5, 5.41) is 10.6. The van der Waals surface area contributed by atoms with Gasteiger partial charge in [0.15, 0.2) is 5.82 Å². The van der Waals surface area contributed by atoms with Gasteiger partial charge in [0.05, 0.1) is 0 Å².